The summed E-state index contributed by atoms with van der Waals surface area (Å²) in [5.41, 5.74) is 1.21. The van der Waals surface area contributed by atoms with Crippen LogP contribution in [0.25, 0.3) is 0 Å². The molecule has 2 amide bonds. The highest BCUT2D eigenvalue weighted by Crippen LogP contribution is 2.28. The topological polar surface area (TPSA) is 84.7 Å². The smallest absolute Gasteiger partial charge is 0.229 e. The average molecular weight is 301 g/mol. The van der Waals surface area contributed by atoms with Crippen LogP contribution in [0.15, 0.2) is 41.2 Å². The molecule has 1 aliphatic heterocycles. The van der Waals surface area contributed by atoms with Gasteiger partial charge < -0.3 is 19.5 Å². The zero-order valence-corrected chi connectivity index (χ0v) is 12.0. The normalized spacial score (nSPS) is 17.6. The van der Waals surface area contributed by atoms with Crippen molar-refractivity contribution in [3.63, 3.8) is 0 Å². The molecule has 1 atom stereocenters. The average Bonchev–Trinajstić information content (AvgIpc) is 3.17. The van der Waals surface area contributed by atoms with E-state index < -0.39 is 5.92 Å². The summed E-state index contributed by atoms with van der Waals surface area (Å²) in [6.45, 7) is 0.336. The summed E-state index contributed by atoms with van der Waals surface area (Å²) in [5, 5.41) is 6.20. The number of ether oxygens (including phenoxy) is 1. The second-order valence-corrected chi connectivity index (χ2v) is 5.01. The van der Waals surface area contributed by atoms with Gasteiger partial charge in [0.25, 0.3) is 0 Å². The first-order valence-corrected chi connectivity index (χ1v) is 6.82. The Bertz CT molecular complexity index is 684. The van der Waals surface area contributed by atoms with E-state index in [9.17, 15) is 9.59 Å². The van der Waals surface area contributed by atoms with Gasteiger partial charge in [-0.05, 0) is 12.1 Å². The third kappa shape index (κ3) is 2.78. The molecule has 1 fully saturated rings. The molecule has 1 aliphatic rings. The van der Waals surface area contributed by atoms with Crippen molar-refractivity contribution in [3.05, 3.63) is 36.7 Å². The number of aromatic nitrogens is 1. The fraction of sp³-hybridized carbons (Fsp3) is 0.267. The third-order valence-electron chi connectivity index (χ3n) is 3.56. The molecule has 0 spiro atoms. The number of hydrogen-bond donors (Lipinski definition) is 1. The zero-order valence-electron chi connectivity index (χ0n) is 12.0. The summed E-state index contributed by atoms with van der Waals surface area (Å²) >= 11 is 0. The lowest BCUT2D eigenvalue weighted by Gasteiger charge is -2.17. The summed E-state index contributed by atoms with van der Waals surface area (Å²) in [5.74, 6) is -0.0445. The van der Waals surface area contributed by atoms with Crippen molar-refractivity contribution in [1.82, 2.24) is 5.16 Å². The van der Waals surface area contributed by atoms with Gasteiger partial charge in [-0.1, -0.05) is 11.2 Å². The van der Waals surface area contributed by atoms with Crippen molar-refractivity contribution in [2.45, 2.75) is 6.42 Å². The van der Waals surface area contributed by atoms with E-state index in [0.717, 1.165) is 5.69 Å². The molecule has 1 saturated heterocycles. The Balaban J connectivity index is 1.71. The van der Waals surface area contributed by atoms with Crippen molar-refractivity contribution in [2.24, 2.45) is 5.92 Å². The van der Waals surface area contributed by atoms with E-state index in [1.807, 2.05) is 12.1 Å². The van der Waals surface area contributed by atoms with Crippen LogP contribution >= 0.6 is 0 Å². The zero-order chi connectivity index (χ0) is 15.5. The number of rotatable bonds is 4. The summed E-state index contributed by atoms with van der Waals surface area (Å²) in [6.07, 6.45) is 2.93. The van der Waals surface area contributed by atoms with Gasteiger partial charge in [-0.3, -0.25) is 9.59 Å². The monoisotopic (exact) mass is 301 g/mol. The van der Waals surface area contributed by atoms with Crippen LogP contribution < -0.4 is 15.0 Å². The molecule has 2 aromatic rings. The number of nitrogens with zero attached hydrogens (tertiary/aromatic N) is 2. The van der Waals surface area contributed by atoms with Crippen molar-refractivity contribution >= 4 is 23.2 Å². The Labute approximate surface area is 126 Å². The maximum atomic E-state index is 12.2. The van der Waals surface area contributed by atoms with Gasteiger partial charge in [-0.2, -0.15) is 0 Å². The van der Waals surface area contributed by atoms with E-state index in [1.165, 1.54) is 12.5 Å². The van der Waals surface area contributed by atoms with Crippen LogP contribution in [0.3, 0.4) is 0 Å². The number of benzene rings is 1. The fourth-order valence-electron chi connectivity index (χ4n) is 2.42. The lowest BCUT2D eigenvalue weighted by atomic mass is 10.1. The number of carbonyl (C=O) groups excluding carboxylic acids is 2. The molecule has 1 unspecified atom stereocenters. The molecular weight excluding hydrogens is 286 g/mol. The molecule has 3 rings (SSSR count). The molecular formula is C15H15N3O4. The standard InChI is InChI=1S/C15H15N3O4/c1-21-13-4-2-3-12(6-13)18-8-10(5-14(18)19)15(20)17-11-7-16-22-9-11/h2-4,6-7,9-10H,5,8H2,1H3,(H,17,20). The number of methoxy groups -OCH3 is 1. The van der Waals surface area contributed by atoms with E-state index in [2.05, 4.69) is 15.0 Å². The minimum absolute atomic E-state index is 0.0845. The molecule has 114 valence electrons. The molecule has 0 saturated carbocycles. The quantitative estimate of drug-likeness (QED) is 0.928. The summed E-state index contributed by atoms with van der Waals surface area (Å²) < 4.78 is 9.82. The van der Waals surface area contributed by atoms with Crippen LogP contribution in [0.1, 0.15) is 6.42 Å². The molecule has 1 N–H and O–H groups in total. The lowest BCUT2D eigenvalue weighted by molar-refractivity contribution is -0.122. The number of anilines is 2. The van der Waals surface area contributed by atoms with E-state index in [0.29, 0.717) is 18.0 Å². The number of hydrogen-bond acceptors (Lipinski definition) is 5. The Morgan fingerprint density at radius 1 is 1.50 bits per heavy atom. The molecule has 1 aromatic heterocycles. The second kappa shape index (κ2) is 5.88. The largest absolute Gasteiger partial charge is 0.497 e. The SMILES string of the molecule is COc1cccc(N2CC(C(=O)Nc3cnoc3)CC2=O)c1. The van der Waals surface area contributed by atoms with Crippen LogP contribution in [0.5, 0.6) is 5.75 Å². The second-order valence-electron chi connectivity index (χ2n) is 5.01. The van der Waals surface area contributed by atoms with Gasteiger partial charge in [-0.25, -0.2) is 0 Å². The van der Waals surface area contributed by atoms with Crippen LogP contribution in [0.2, 0.25) is 0 Å². The Morgan fingerprint density at radius 3 is 3.09 bits per heavy atom. The van der Waals surface area contributed by atoms with Gasteiger partial charge in [0, 0.05) is 24.7 Å². The van der Waals surface area contributed by atoms with Crippen LogP contribution in [-0.2, 0) is 9.59 Å². The van der Waals surface area contributed by atoms with E-state index in [4.69, 9.17) is 4.74 Å². The molecule has 22 heavy (non-hydrogen) atoms. The molecule has 7 nitrogen and oxygen atoms in total. The van der Waals surface area contributed by atoms with Crippen molar-refractivity contribution in [2.75, 3.05) is 23.9 Å². The first kappa shape index (κ1) is 14.1. The fourth-order valence-corrected chi connectivity index (χ4v) is 2.42. The van der Waals surface area contributed by atoms with Gasteiger partial charge in [0.2, 0.25) is 11.8 Å². The number of amides is 2. The summed E-state index contributed by atoms with van der Waals surface area (Å²) in [7, 11) is 1.57. The van der Waals surface area contributed by atoms with Crippen molar-refractivity contribution < 1.29 is 18.8 Å². The number of carbonyl (C=O) groups is 2. The Morgan fingerprint density at radius 2 is 2.36 bits per heavy atom. The molecule has 0 aliphatic carbocycles. The minimum atomic E-state index is -0.409. The first-order chi connectivity index (χ1) is 10.7. The van der Waals surface area contributed by atoms with Crippen LogP contribution in [0.4, 0.5) is 11.4 Å². The highest BCUT2D eigenvalue weighted by atomic mass is 16.5. The van der Waals surface area contributed by atoms with E-state index in [-0.39, 0.29) is 18.2 Å². The molecule has 2 heterocycles. The van der Waals surface area contributed by atoms with Crippen LogP contribution in [0, 0.1) is 5.92 Å². The van der Waals surface area contributed by atoms with E-state index in [1.54, 1.807) is 24.1 Å². The molecule has 0 radical (unpaired) electrons. The summed E-state index contributed by atoms with van der Waals surface area (Å²) in [4.78, 5) is 25.9. The maximum absolute atomic E-state index is 12.2. The highest BCUT2D eigenvalue weighted by molar-refractivity contribution is 6.03. The lowest BCUT2D eigenvalue weighted by Crippen LogP contribution is -2.28. The van der Waals surface area contributed by atoms with Gasteiger partial charge in [-0.15, -0.1) is 0 Å². The molecule has 0 bridgehead atoms. The van der Waals surface area contributed by atoms with Gasteiger partial charge in [0.1, 0.15) is 17.7 Å². The van der Waals surface area contributed by atoms with E-state index >= 15 is 0 Å². The van der Waals surface area contributed by atoms with Gasteiger partial charge in [0.15, 0.2) is 0 Å². The van der Waals surface area contributed by atoms with Crippen molar-refractivity contribution in [3.8, 4) is 5.75 Å². The predicted molar refractivity (Wildman–Crippen MR) is 78.6 cm³/mol. The van der Waals surface area contributed by atoms with Crippen LogP contribution in [-0.4, -0.2) is 30.6 Å². The molecule has 7 heteroatoms. The summed E-state index contributed by atoms with van der Waals surface area (Å²) in [6, 6.07) is 7.21. The van der Waals surface area contributed by atoms with Gasteiger partial charge in [0.05, 0.1) is 19.2 Å². The Hall–Kier alpha value is -2.83. The van der Waals surface area contributed by atoms with Crippen molar-refractivity contribution in [1.29, 1.82) is 0 Å². The maximum Gasteiger partial charge on any atom is 0.229 e. The van der Waals surface area contributed by atoms with Gasteiger partial charge >= 0.3 is 0 Å². The molecule has 1 aromatic carbocycles. The predicted octanol–water partition coefficient (Wildman–Crippen LogP) is 1.67. The minimum Gasteiger partial charge on any atom is -0.497 e. The first-order valence-electron chi connectivity index (χ1n) is 6.82. The number of nitrogens with one attached hydrogen (secondary N) is 1. The Kier molecular flexibility index (Phi) is 3.78. The highest BCUT2D eigenvalue weighted by Gasteiger charge is 2.35. The third-order valence-corrected chi connectivity index (χ3v) is 3.56.